The predicted octanol–water partition coefficient (Wildman–Crippen LogP) is 0.769. The van der Waals surface area contributed by atoms with Crippen LogP contribution in [-0.2, 0) is 9.59 Å². The zero-order chi connectivity index (χ0) is 12.0. The Morgan fingerprint density at radius 3 is 2.56 bits per heavy atom. The first-order valence-corrected chi connectivity index (χ1v) is 5.84. The van der Waals surface area contributed by atoms with Gasteiger partial charge in [-0.25, -0.2) is 0 Å². The standard InChI is InChI=1S/C11H14N2O2S/c1-8(11(12)15)13-10(14)7-16-9-5-3-2-4-6-9/h2-6,8H,7H2,1H3,(H2,12,15)(H,13,14)/t8-/m1/s1. The minimum absolute atomic E-state index is 0.194. The molecule has 1 atom stereocenters. The fourth-order valence-electron chi connectivity index (χ4n) is 1.02. The summed E-state index contributed by atoms with van der Waals surface area (Å²) in [4.78, 5) is 23.1. The van der Waals surface area contributed by atoms with Gasteiger partial charge < -0.3 is 11.1 Å². The van der Waals surface area contributed by atoms with E-state index in [-0.39, 0.29) is 11.7 Å². The normalized spacial score (nSPS) is 11.8. The number of hydrogen-bond donors (Lipinski definition) is 2. The van der Waals surface area contributed by atoms with Crippen molar-refractivity contribution in [2.45, 2.75) is 17.9 Å². The van der Waals surface area contributed by atoms with Crippen LogP contribution in [0.25, 0.3) is 0 Å². The van der Waals surface area contributed by atoms with Gasteiger partial charge in [0, 0.05) is 4.90 Å². The second-order valence-corrected chi connectivity index (χ2v) is 4.34. The summed E-state index contributed by atoms with van der Waals surface area (Å²) in [7, 11) is 0. The molecular formula is C11H14N2O2S. The van der Waals surface area contributed by atoms with Gasteiger partial charge in [-0.2, -0.15) is 0 Å². The number of primary amides is 1. The van der Waals surface area contributed by atoms with Gasteiger partial charge in [-0.05, 0) is 19.1 Å². The van der Waals surface area contributed by atoms with Crippen LogP contribution < -0.4 is 11.1 Å². The van der Waals surface area contributed by atoms with E-state index in [0.717, 1.165) is 4.90 Å². The number of amides is 2. The van der Waals surface area contributed by atoms with E-state index in [1.165, 1.54) is 11.8 Å². The number of carbonyl (C=O) groups is 2. The van der Waals surface area contributed by atoms with Crippen LogP contribution in [0.15, 0.2) is 35.2 Å². The third kappa shape index (κ3) is 4.35. The summed E-state index contributed by atoms with van der Waals surface area (Å²) in [6.07, 6.45) is 0. The maximum Gasteiger partial charge on any atom is 0.239 e. The maximum atomic E-state index is 11.4. The Kier molecular flexibility index (Phi) is 4.85. The Labute approximate surface area is 98.6 Å². The molecule has 1 aromatic rings. The Hall–Kier alpha value is -1.49. The molecule has 0 aliphatic rings. The van der Waals surface area contributed by atoms with Gasteiger partial charge in [0.2, 0.25) is 11.8 Å². The number of hydrogen-bond acceptors (Lipinski definition) is 3. The summed E-state index contributed by atoms with van der Waals surface area (Å²) < 4.78 is 0. The van der Waals surface area contributed by atoms with E-state index in [4.69, 9.17) is 5.73 Å². The molecule has 0 unspecified atom stereocenters. The van der Waals surface area contributed by atoms with Crippen molar-refractivity contribution in [3.8, 4) is 0 Å². The van der Waals surface area contributed by atoms with Gasteiger partial charge in [0.25, 0.3) is 0 Å². The topological polar surface area (TPSA) is 72.2 Å². The number of thioether (sulfide) groups is 1. The number of rotatable bonds is 5. The second-order valence-electron chi connectivity index (χ2n) is 3.29. The number of benzene rings is 1. The molecule has 1 rings (SSSR count). The molecule has 1 aromatic carbocycles. The molecule has 0 bridgehead atoms. The lowest BCUT2D eigenvalue weighted by molar-refractivity contribution is -0.125. The fourth-order valence-corrected chi connectivity index (χ4v) is 1.75. The highest BCUT2D eigenvalue weighted by molar-refractivity contribution is 8.00. The zero-order valence-electron chi connectivity index (χ0n) is 8.97. The van der Waals surface area contributed by atoms with Gasteiger partial charge in [-0.1, -0.05) is 18.2 Å². The van der Waals surface area contributed by atoms with Gasteiger partial charge in [0.05, 0.1) is 5.75 Å². The molecule has 4 nitrogen and oxygen atoms in total. The van der Waals surface area contributed by atoms with Gasteiger partial charge in [0.1, 0.15) is 6.04 Å². The van der Waals surface area contributed by atoms with Crippen molar-refractivity contribution in [1.29, 1.82) is 0 Å². The molecule has 0 aliphatic carbocycles. The third-order valence-corrected chi connectivity index (χ3v) is 2.93. The fraction of sp³-hybridized carbons (Fsp3) is 0.273. The van der Waals surface area contributed by atoms with Crippen LogP contribution >= 0.6 is 11.8 Å². The average molecular weight is 238 g/mol. The summed E-state index contributed by atoms with van der Waals surface area (Å²) in [5.41, 5.74) is 5.03. The molecule has 0 aliphatic heterocycles. The van der Waals surface area contributed by atoms with E-state index >= 15 is 0 Å². The zero-order valence-corrected chi connectivity index (χ0v) is 9.79. The summed E-state index contributed by atoms with van der Waals surface area (Å²) in [6.45, 7) is 1.56. The molecule has 0 heterocycles. The molecule has 0 spiro atoms. The van der Waals surface area contributed by atoms with Crippen LogP contribution in [0, 0.1) is 0 Å². The maximum absolute atomic E-state index is 11.4. The second kappa shape index (κ2) is 6.17. The van der Waals surface area contributed by atoms with Crippen molar-refractivity contribution < 1.29 is 9.59 Å². The molecule has 0 radical (unpaired) electrons. The highest BCUT2D eigenvalue weighted by atomic mass is 32.2. The molecule has 86 valence electrons. The lowest BCUT2D eigenvalue weighted by Crippen LogP contribution is -2.42. The van der Waals surface area contributed by atoms with Gasteiger partial charge in [-0.15, -0.1) is 11.8 Å². The van der Waals surface area contributed by atoms with Gasteiger partial charge in [-0.3, -0.25) is 9.59 Å². The van der Waals surface area contributed by atoms with E-state index in [1.807, 2.05) is 30.3 Å². The van der Waals surface area contributed by atoms with E-state index in [2.05, 4.69) is 5.32 Å². The molecule has 2 amide bonds. The molecule has 16 heavy (non-hydrogen) atoms. The Bertz CT molecular complexity index is 368. The lowest BCUT2D eigenvalue weighted by atomic mass is 10.3. The van der Waals surface area contributed by atoms with Crippen molar-refractivity contribution in [3.05, 3.63) is 30.3 Å². The molecular weight excluding hydrogens is 224 g/mol. The van der Waals surface area contributed by atoms with Crippen LogP contribution in [0.2, 0.25) is 0 Å². The van der Waals surface area contributed by atoms with Crippen LogP contribution in [0.3, 0.4) is 0 Å². The molecule has 0 saturated carbocycles. The van der Waals surface area contributed by atoms with Gasteiger partial charge in [0.15, 0.2) is 0 Å². The number of carbonyl (C=O) groups excluding carboxylic acids is 2. The van der Waals surface area contributed by atoms with Crippen molar-refractivity contribution >= 4 is 23.6 Å². The lowest BCUT2D eigenvalue weighted by Gasteiger charge is -2.09. The van der Waals surface area contributed by atoms with E-state index in [1.54, 1.807) is 6.92 Å². The van der Waals surface area contributed by atoms with Crippen LogP contribution in [0.1, 0.15) is 6.92 Å². The van der Waals surface area contributed by atoms with Crippen molar-refractivity contribution in [2.24, 2.45) is 5.73 Å². The summed E-state index contributed by atoms with van der Waals surface area (Å²) in [6, 6.07) is 8.96. The van der Waals surface area contributed by atoms with Crippen molar-refractivity contribution in [2.75, 3.05) is 5.75 Å². The average Bonchev–Trinajstić information content (AvgIpc) is 2.27. The quantitative estimate of drug-likeness (QED) is 0.744. The molecule has 3 N–H and O–H groups in total. The monoisotopic (exact) mass is 238 g/mol. The van der Waals surface area contributed by atoms with Crippen LogP contribution in [-0.4, -0.2) is 23.6 Å². The summed E-state index contributed by atoms with van der Waals surface area (Å²) in [5.74, 6) is -0.444. The molecule has 5 heteroatoms. The number of nitrogens with two attached hydrogens (primary N) is 1. The summed E-state index contributed by atoms with van der Waals surface area (Å²) >= 11 is 1.42. The minimum atomic E-state index is -0.621. The van der Waals surface area contributed by atoms with Crippen LogP contribution in [0.4, 0.5) is 0 Å². The van der Waals surface area contributed by atoms with E-state index in [0.29, 0.717) is 0 Å². The van der Waals surface area contributed by atoms with E-state index in [9.17, 15) is 9.59 Å². The highest BCUT2D eigenvalue weighted by Gasteiger charge is 2.11. The minimum Gasteiger partial charge on any atom is -0.368 e. The third-order valence-electron chi connectivity index (χ3n) is 1.92. The molecule has 0 aromatic heterocycles. The largest absolute Gasteiger partial charge is 0.368 e. The van der Waals surface area contributed by atoms with Crippen LogP contribution in [0.5, 0.6) is 0 Å². The first kappa shape index (κ1) is 12.6. The SMILES string of the molecule is C[C@@H](NC(=O)CSc1ccccc1)C(N)=O. The first-order chi connectivity index (χ1) is 7.59. The molecule has 0 saturated heterocycles. The predicted molar refractivity (Wildman–Crippen MR) is 64.0 cm³/mol. The Morgan fingerprint density at radius 1 is 1.38 bits per heavy atom. The Balaban J connectivity index is 2.33. The van der Waals surface area contributed by atoms with E-state index < -0.39 is 11.9 Å². The summed E-state index contributed by atoms with van der Waals surface area (Å²) in [5, 5.41) is 2.52. The number of nitrogens with one attached hydrogen (secondary N) is 1. The smallest absolute Gasteiger partial charge is 0.239 e. The Morgan fingerprint density at radius 2 is 2.00 bits per heavy atom. The first-order valence-electron chi connectivity index (χ1n) is 4.86. The van der Waals surface area contributed by atoms with Gasteiger partial charge >= 0.3 is 0 Å². The van der Waals surface area contributed by atoms with Crippen molar-refractivity contribution in [3.63, 3.8) is 0 Å². The molecule has 0 fully saturated rings. The highest BCUT2D eigenvalue weighted by Crippen LogP contribution is 2.16. The van der Waals surface area contributed by atoms with Crippen molar-refractivity contribution in [1.82, 2.24) is 5.32 Å².